The second-order valence-electron chi connectivity index (χ2n) is 11.3. The third kappa shape index (κ3) is 6.36. The molecule has 0 atom stereocenters. The van der Waals surface area contributed by atoms with Gasteiger partial charge in [0.1, 0.15) is 11.6 Å². The first-order valence-electron chi connectivity index (χ1n) is 13.9. The molecule has 5 rings (SSSR count). The van der Waals surface area contributed by atoms with E-state index >= 15 is 0 Å². The Balaban J connectivity index is 1.54. The first-order valence-corrected chi connectivity index (χ1v) is 15.3. The smallest absolute Gasteiger partial charge is 0.449 e. The minimum absolute atomic E-state index is 0.0941. The molecule has 4 aromatic carbocycles. The zero-order valence-electron chi connectivity index (χ0n) is 24.5. The monoisotopic (exact) mass is 639 g/mol. The van der Waals surface area contributed by atoms with E-state index in [0.29, 0.717) is 16.7 Å². The van der Waals surface area contributed by atoms with Gasteiger partial charge in [0.25, 0.3) is 0 Å². The van der Waals surface area contributed by atoms with Gasteiger partial charge in [0.2, 0.25) is 15.8 Å². The molecule has 234 valence electrons. The third-order valence-corrected chi connectivity index (χ3v) is 9.79. The van der Waals surface area contributed by atoms with Crippen LogP contribution in [-0.2, 0) is 39.5 Å². The summed E-state index contributed by atoms with van der Waals surface area (Å²) in [6.07, 6.45) is -4.75. The minimum atomic E-state index is -4.75. The maximum absolute atomic E-state index is 14.6. The molecule has 1 N–H and O–H groups in total. The van der Waals surface area contributed by atoms with Crippen LogP contribution in [0.1, 0.15) is 42.1 Å². The number of nitrogens with zero attached hydrogens (tertiary/aromatic N) is 1. The average molecular weight is 640 g/mol. The number of carboxylic acids is 1. The summed E-state index contributed by atoms with van der Waals surface area (Å²) in [6, 6.07) is 22.8. The molecule has 0 saturated carbocycles. The van der Waals surface area contributed by atoms with E-state index in [9.17, 15) is 35.9 Å². The van der Waals surface area contributed by atoms with E-state index < -0.39 is 45.7 Å². The van der Waals surface area contributed by atoms with Gasteiger partial charge < -0.3 is 9.52 Å². The molecular formula is C34H29F4NO5S. The van der Waals surface area contributed by atoms with Crippen molar-refractivity contribution >= 4 is 26.8 Å². The van der Waals surface area contributed by atoms with E-state index in [1.165, 1.54) is 30.3 Å². The number of halogens is 4. The van der Waals surface area contributed by atoms with Gasteiger partial charge >= 0.3 is 12.1 Å². The lowest BCUT2D eigenvalue weighted by Crippen LogP contribution is -2.31. The molecule has 0 fully saturated rings. The van der Waals surface area contributed by atoms with Gasteiger partial charge in [0.05, 0.1) is 16.9 Å². The lowest BCUT2D eigenvalue weighted by molar-refractivity contribution is -0.153. The van der Waals surface area contributed by atoms with Crippen molar-refractivity contribution in [1.29, 1.82) is 0 Å². The first kappa shape index (κ1) is 31.9. The Bertz CT molecular complexity index is 2000. The highest BCUT2D eigenvalue weighted by atomic mass is 32.2. The van der Waals surface area contributed by atoms with Crippen molar-refractivity contribution in [3.8, 4) is 11.1 Å². The van der Waals surface area contributed by atoms with Crippen LogP contribution in [0.15, 0.2) is 100 Å². The highest BCUT2D eigenvalue weighted by molar-refractivity contribution is 7.89. The predicted molar refractivity (Wildman–Crippen MR) is 161 cm³/mol. The maximum Gasteiger partial charge on any atom is 0.449 e. The molecule has 0 radical (unpaired) electrons. The molecule has 11 heteroatoms. The van der Waals surface area contributed by atoms with Gasteiger partial charge in [0.15, 0.2) is 0 Å². The Morgan fingerprint density at radius 2 is 1.53 bits per heavy atom. The van der Waals surface area contributed by atoms with Crippen LogP contribution in [-0.4, -0.2) is 23.8 Å². The van der Waals surface area contributed by atoms with Crippen LogP contribution >= 0.6 is 0 Å². The highest BCUT2D eigenvalue weighted by Gasteiger charge is 2.36. The number of sulfonamides is 1. The molecule has 45 heavy (non-hydrogen) atoms. The fraction of sp³-hybridized carbons (Fsp3) is 0.206. The Morgan fingerprint density at radius 1 is 0.844 bits per heavy atom. The lowest BCUT2D eigenvalue weighted by atomic mass is 9.83. The lowest BCUT2D eigenvalue weighted by Gasteiger charge is -2.24. The topological polar surface area (TPSA) is 87.8 Å². The number of carbonyl (C=O) groups is 1. The zero-order chi connectivity index (χ0) is 32.7. The molecule has 0 saturated heterocycles. The van der Waals surface area contributed by atoms with Crippen molar-refractivity contribution in [2.75, 3.05) is 0 Å². The summed E-state index contributed by atoms with van der Waals surface area (Å²) in [4.78, 5) is 11.6. The first-order chi connectivity index (χ1) is 21.1. The van der Waals surface area contributed by atoms with Crippen molar-refractivity contribution in [1.82, 2.24) is 4.31 Å². The standard InChI is InChI=1S/C34H29F4NO5S/c1-21-10-16-27-28(8-5-9-29(27)35)31(21)45(42,43)39(20-26-15-17-30(44-26)34(36,37)38)19-22-11-13-23(14-12-22)24-6-4-7-25(18-24)33(2,3)32(40)41/h4-18H,19-20H2,1-3H3,(H,40,41). The Morgan fingerprint density at radius 3 is 2.18 bits per heavy atom. The highest BCUT2D eigenvalue weighted by Crippen LogP contribution is 2.35. The van der Waals surface area contributed by atoms with Gasteiger partial charge in [0, 0.05) is 17.3 Å². The van der Waals surface area contributed by atoms with Crippen LogP contribution in [0.5, 0.6) is 0 Å². The van der Waals surface area contributed by atoms with E-state index in [-0.39, 0.29) is 28.0 Å². The summed E-state index contributed by atoms with van der Waals surface area (Å²) < 4.78 is 88.9. The molecule has 0 aliphatic rings. The van der Waals surface area contributed by atoms with Crippen LogP contribution in [0, 0.1) is 12.7 Å². The number of carboxylic acid groups (broad SMARTS) is 1. The van der Waals surface area contributed by atoms with Gasteiger partial charge in [-0.1, -0.05) is 72.8 Å². The quantitative estimate of drug-likeness (QED) is 0.164. The Kier molecular flexibility index (Phi) is 8.37. The number of rotatable bonds is 9. The number of hydrogen-bond donors (Lipinski definition) is 1. The third-order valence-electron chi connectivity index (χ3n) is 7.79. The fourth-order valence-corrected chi connectivity index (χ4v) is 6.91. The summed E-state index contributed by atoms with van der Waals surface area (Å²) in [6.45, 7) is 4.03. The fourth-order valence-electron chi connectivity index (χ4n) is 5.10. The minimum Gasteiger partial charge on any atom is -0.481 e. The van der Waals surface area contributed by atoms with Gasteiger partial charge in [-0.3, -0.25) is 4.79 Å². The van der Waals surface area contributed by atoms with Crippen LogP contribution in [0.25, 0.3) is 21.9 Å². The van der Waals surface area contributed by atoms with Crippen LogP contribution in [0.2, 0.25) is 0 Å². The molecule has 0 aliphatic heterocycles. The van der Waals surface area contributed by atoms with E-state index in [0.717, 1.165) is 27.6 Å². The molecular weight excluding hydrogens is 610 g/mol. The van der Waals surface area contributed by atoms with Gasteiger partial charge in [-0.25, -0.2) is 12.8 Å². The Hall–Kier alpha value is -4.48. The molecule has 0 amide bonds. The SMILES string of the molecule is Cc1ccc2c(F)cccc2c1S(=O)(=O)N(Cc1ccc(-c2cccc(C(C)(C)C(=O)O)c2)cc1)Cc1ccc(C(F)(F)F)o1. The largest absolute Gasteiger partial charge is 0.481 e. The summed E-state index contributed by atoms with van der Waals surface area (Å²) in [5.74, 6) is -3.05. The number of fused-ring (bicyclic) bond motifs is 1. The maximum atomic E-state index is 14.6. The van der Waals surface area contributed by atoms with Crippen LogP contribution in [0.3, 0.4) is 0 Å². The van der Waals surface area contributed by atoms with Crippen molar-refractivity contribution in [2.24, 2.45) is 0 Å². The number of alkyl halides is 3. The second-order valence-corrected chi connectivity index (χ2v) is 13.2. The van der Waals surface area contributed by atoms with E-state index in [2.05, 4.69) is 0 Å². The normalized spacial score (nSPS) is 12.6. The summed E-state index contributed by atoms with van der Waals surface area (Å²) in [5.41, 5.74) is 1.85. The second kappa shape index (κ2) is 11.8. The Labute approximate surface area is 257 Å². The molecule has 0 bridgehead atoms. The average Bonchev–Trinajstić information content (AvgIpc) is 3.47. The van der Waals surface area contributed by atoms with Crippen molar-refractivity contribution in [2.45, 2.75) is 50.3 Å². The van der Waals surface area contributed by atoms with Gasteiger partial charge in [-0.15, -0.1) is 0 Å². The van der Waals surface area contributed by atoms with Crippen molar-refractivity contribution < 1.29 is 40.3 Å². The summed E-state index contributed by atoms with van der Waals surface area (Å²) in [5, 5.41) is 9.87. The van der Waals surface area contributed by atoms with E-state index in [1.807, 2.05) is 6.07 Å². The van der Waals surface area contributed by atoms with Gasteiger partial charge in [-0.05, 0) is 66.8 Å². The number of benzene rings is 4. The van der Waals surface area contributed by atoms with Crippen LogP contribution < -0.4 is 0 Å². The van der Waals surface area contributed by atoms with Crippen molar-refractivity contribution in [3.63, 3.8) is 0 Å². The zero-order valence-corrected chi connectivity index (χ0v) is 25.3. The molecule has 0 aliphatic carbocycles. The predicted octanol–water partition coefficient (Wildman–Crippen LogP) is 8.32. The molecule has 1 heterocycles. The number of aryl methyl sites for hydroxylation is 1. The summed E-state index contributed by atoms with van der Waals surface area (Å²) in [7, 11) is -4.42. The molecule has 1 aromatic heterocycles. The molecule has 6 nitrogen and oxygen atoms in total. The van der Waals surface area contributed by atoms with E-state index in [4.69, 9.17) is 4.42 Å². The number of furan rings is 1. The van der Waals surface area contributed by atoms with Crippen LogP contribution in [0.4, 0.5) is 17.6 Å². The van der Waals surface area contributed by atoms with Crippen molar-refractivity contribution in [3.05, 3.63) is 125 Å². The molecule has 5 aromatic rings. The molecule has 0 spiro atoms. The van der Waals surface area contributed by atoms with Gasteiger partial charge in [-0.2, -0.15) is 17.5 Å². The number of hydrogen-bond acceptors (Lipinski definition) is 4. The van der Waals surface area contributed by atoms with E-state index in [1.54, 1.807) is 63.2 Å². The number of aliphatic carboxylic acids is 1. The molecule has 0 unspecified atom stereocenters. The summed E-state index contributed by atoms with van der Waals surface area (Å²) >= 11 is 0.